The van der Waals surface area contributed by atoms with E-state index in [2.05, 4.69) is 15.6 Å². The Labute approximate surface area is 237 Å². The number of amides is 3. The van der Waals surface area contributed by atoms with Gasteiger partial charge in [0.1, 0.15) is 11.9 Å². The Kier molecular flexibility index (Phi) is 10.1. The summed E-state index contributed by atoms with van der Waals surface area (Å²) in [4.78, 5) is 46.3. The van der Waals surface area contributed by atoms with Crippen LogP contribution in [0.15, 0.2) is 66.9 Å². The van der Waals surface area contributed by atoms with Gasteiger partial charge >= 0.3 is 0 Å². The zero-order chi connectivity index (χ0) is 28.5. The van der Waals surface area contributed by atoms with Crippen LogP contribution in [0.1, 0.15) is 79.7 Å². The molecule has 0 saturated heterocycles. The quantitative estimate of drug-likeness (QED) is 0.314. The van der Waals surface area contributed by atoms with Crippen molar-refractivity contribution in [3.8, 4) is 0 Å². The van der Waals surface area contributed by atoms with Gasteiger partial charge in [0.25, 0.3) is 0 Å². The number of hydrogen-bond acceptors (Lipinski definition) is 4. The Morgan fingerprint density at radius 2 is 1.65 bits per heavy atom. The second kappa shape index (κ2) is 13.9. The van der Waals surface area contributed by atoms with Crippen molar-refractivity contribution in [1.82, 2.24) is 10.3 Å². The zero-order valence-electron chi connectivity index (χ0n) is 23.8. The topological polar surface area (TPSA) is 91.4 Å². The van der Waals surface area contributed by atoms with E-state index >= 15 is 0 Å². The van der Waals surface area contributed by atoms with Crippen LogP contribution in [-0.4, -0.2) is 28.7 Å². The van der Waals surface area contributed by atoms with E-state index < -0.39 is 6.04 Å². The number of carbonyl (C=O) groups excluding carboxylic acids is 3. The summed E-state index contributed by atoms with van der Waals surface area (Å²) in [7, 11) is 0. The van der Waals surface area contributed by atoms with Gasteiger partial charge in [-0.15, -0.1) is 0 Å². The maximum absolute atomic E-state index is 14.0. The molecule has 3 amide bonds. The molecule has 3 aromatic rings. The Morgan fingerprint density at radius 3 is 2.35 bits per heavy atom. The summed E-state index contributed by atoms with van der Waals surface area (Å²) in [5, 5.41) is 6.04. The van der Waals surface area contributed by atoms with E-state index in [1.165, 1.54) is 6.42 Å². The van der Waals surface area contributed by atoms with E-state index in [9.17, 15) is 14.4 Å². The van der Waals surface area contributed by atoms with Crippen LogP contribution in [0.3, 0.4) is 0 Å². The van der Waals surface area contributed by atoms with Gasteiger partial charge in [-0.3, -0.25) is 19.3 Å². The molecule has 1 heterocycles. The molecular formula is C33H40N4O3. The first-order valence-electron chi connectivity index (χ1n) is 14.3. The number of rotatable bonds is 10. The lowest BCUT2D eigenvalue weighted by molar-refractivity contribution is -0.127. The average molecular weight is 541 g/mol. The Morgan fingerprint density at radius 1 is 0.900 bits per heavy atom. The van der Waals surface area contributed by atoms with E-state index in [1.807, 2.05) is 63.2 Å². The summed E-state index contributed by atoms with van der Waals surface area (Å²) in [6, 6.07) is 18.3. The lowest BCUT2D eigenvalue weighted by Gasteiger charge is -2.34. The first kappa shape index (κ1) is 29.0. The van der Waals surface area contributed by atoms with Crippen molar-refractivity contribution in [3.63, 3.8) is 0 Å². The SMILES string of the molecule is Cc1ccc([C@H](C(=O)NC2CCCCC2)N(C(=O)CCCC(=O)Nc2ccccn2)c2cccc(C)c2C)cc1. The summed E-state index contributed by atoms with van der Waals surface area (Å²) in [5.74, 6) is -0.0776. The zero-order valence-corrected chi connectivity index (χ0v) is 23.8. The average Bonchev–Trinajstić information content (AvgIpc) is 2.95. The number of benzene rings is 2. The third kappa shape index (κ3) is 7.56. The predicted molar refractivity (Wildman–Crippen MR) is 159 cm³/mol. The molecule has 1 saturated carbocycles. The fourth-order valence-electron chi connectivity index (χ4n) is 5.27. The van der Waals surface area contributed by atoms with Crippen LogP contribution in [0.25, 0.3) is 0 Å². The largest absolute Gasteiger partial charge is 0.351 e. The lowest BCUT2D eigenvalue weighted by Crippen LogP contribution is -2.47. The van der Waals surface area contributed by atoms with Crippen LogP contribution < -0.4 is 15.5 Å². The fraction of sp³-hybridized carbons (Fsp3) is 0.394. The molecule has 40 heavy (non-hydrogen) atoms. The van der Waals surface area contributed by atoms with Gasteiger partial charge in [-0.1, -0.05) is 67.3 Å². The van der Waals surface area contributed by atoms with Crippen LogP contribution >= 0.6 is 0 Å². The number of nitrogens with one attached hydrogen (secondary N) is 2. The molecule has 1 aromatic heterocycles. The first-order valence-corrected chi connectivity index (χ1v) is 14.3. The molecular weight excluding hydrogens is 500 g/mol. The molecule has 0 unspecified atom stereocenters. The molecule has 1 aliphatic carbocycles. The Hall–Kier alpha value is -4.00. The third-order valence-corrected chi connectivity index (χ3v) is 7.68. The summed E-state index contributed by atoms with van der Waals surface area (Å²) in [6.07, 6.45) is 7.56. The Balaban J connectivity index is 1.61. The summed E-state index contributed by atoms with van der Waals surface area (Å²) in [5.41, 5.74) is 4.55. The van der Waals surface area contributed by atoms with Crippen molar-refractivity contribution in [2.75, 3.05) is 10.2 Å². The highest BCUT2D eigenvalue weighted by molar-refractivity contribution is 6.02. The third-order valence-electron chi connectivity index (χ3n) is 7.68. The molecule has 0 radical (unpaired) electrons. The van der Waals surface area contributed by atoms with Crippen molar-refractivity contribution in [2.24, 2.45) is 0 Å². The van der Waals surface area contributed by atoms with Gasteiger partial charge in [0.05, 0.1) is 0 Å². The van der Waals surface area contributed by atoms with Gasteiger partial charge in [0.2, 0.25) is 17.7 Å². The van der Waals surface area contributed by atoms with Crippen molar-refractivity contribution in [2.45, 2.75) is 84.2 Å². The van der Waals surface area contributed by atoms with E-state index in [1.54, 1.807) is 29.3 Å². The molecule has 1 atom stereocenters. The molecule has 210 valence electrons. The van der Waals surface area contributed by atoms with Crippen LogP contribution in [0.5, 0.6) is 0 Å². The van der Waals surface area contributed by atoms with Crippen molar-refractivity contribution in [3.05, 3.63) is 89.1 Å². The molecule has 0 bridgehead atoms. The van der Waals surface area contributed by atoms with Crippen LogP contribution in [0, 0.1) is 20.8 Å². The second-order valence-electron chi connectivity index (χ2n) is 10.8. The van der Waals surface area contributed by atoms with Gasteiger partial charge in [-0.25, -0.2) is 4.98 Å². The highest BCUT2D eigenvalue weighted by Crippen LogP contribution is 2.33. The molecule has 7 heteroatoms. The van der Waals surface area contributed by atoms with Crippen molar-refractivity contribution >= 4 is 29.2 Å². The second-order valence-corrected chi connectivity index (χ2v) is 10.8. The number of aryl methyl sites for hydroxylation is 2. The van der Waals surface area contributed by atoms with E-state index in [0.717, 1.165) is 47.9 Å². The van der Waals surface area contributed by atoms with E-state index in [4.69, 9.17) is 0 Å². The van der Waals surface area contributed by atoms with Gasteiger partial charge in [-0.2, -0.15) is 0 Å². The molecule has 0 aliphatic heterocycles. The maximum Gasteiger partial charge on any atom is 0.248 e. The van der Waals surface area contributed by atoms with Gasteiger partial charge in [-0.05, 0) is 74.9 Å². The summed E-state index contributed by atoms with van der Waals surface area (Å²) in [6.45, 7) is 5.99. The number of hydrogen-bond donors (Lipinski definition) is 2. The molecule has 2 N–H and O–H groups in total. The molecule has 1 aliphatic rings. The fourth-order valence-corrected chi connectivity index (χ4v) is 5.27. The molecule has 1 fully saturated rings. The van der Waals surface area contributed by atoms with Crippen molar-refractivity contribution in [1.29, 1.82) is 0 Å². The predicted octanol–water partition coefficient (Wildman–Crippen LogP) is 6.34. The maximum atomic E-state index is 14.0. The number of nitrogens with zero attached hydrogens (tertiary/aromatic N) is 2. The van der Waals surface area contributed by atoms with Gasteiger partial charge in [0.15, 0.2) is 0 Å². The Bertz CT molecular complexity index is 1300. The lowest BCUT2D eigenvalue weighted by atomic mass is 9.94. The minimum atomic E-state index is -0.821. The van der Waals surface area contributed by atoms with Crippen molar-refractivity contribution < 1.29 is 14.4 Å². The summed E-state index contributed by atoms with van der Waals surface area (Å²) >= 11 is 0. The molecule has 4 rings (SSSR count). The molecule has 0 spiro atoms. The minimum Gasteiger partial charge on any atom is -0.351 e. The standard InChI is InChI=1S/C33H40N4O3/c1-23-18-20-26(21-19-23)32(33(40)35-27-12-5-4-6-13-27)37(28-14-9-11-24(2)25(28)3)31(39)17-10-16-30(38)36-29-15-7-8-22-34-29/h7-9,11,14-15,18-22,27,32H,4-6,10,12-13,16-17H2,1-3H3,(H,35,40)(H,34,36,38)/t32-/m1/s1. The highest BCUT2D eigenvalue weighted by atomic mass is 16.2. The number of carbonyl (C=O) groups is 3. The summed E-state index contributed by atoms with van der Waals surface area (Å²) < 4.78 is 0. The smallest absolute Gasteiger partial charge is 0.248 e. The number of aromatic nitrogens is 1. The highest BCUT2D eigenvalue weighted by Gasteiger charge is 2.34. The number of anilines is 2. The normalized spacial score (nSPS) is 14.3. The minimum absolute atomic E-state index is 0.111. The first-order chi connectivity index (χ1) is 19.3. The van der Waals surface area contributed by atoms with Gasteiger partial charge < -0.3 is 10.6 Å². The number of pyridine rings is 1. The monoisotopic (exact) mass is 540 g/mol. The van der Waals surface area contributed by atoms with E-state index in [-0.39, 0.29) is 36.6 Å². The molecule has 7 nitrogen and oxygen atoms in total. The van der Waals surface area contributed by atoms with Gasteiger partial charge in [0, 0.05) is 30.8 Å². The van der Waals surface area contributed by atoms with Crippen LogP contribution in [-0.2, 0) is 14.4 Å². The van der Waals surface area contributed by atoms with E-state index in [0.29, 0.717) is 17.9 Å². The molecule has 2 aromatic carbocycles. The van der Waals surface area contributed by atoms with Crippen LogP contribution in [0.2, 0.25) is 0 Å². The van der Waals surface area contributed by atoms with Crippen LogP contribution in [0.4, 0.5) is 11.5 Å².